The lowest BCUT2D eigenvalue weighted by molar-refractivity contribution is -0.135. The lowest BCUT2D eigenvalue weighted by Crippen LogP contribution is -2.44. The van der Waals surface area contributed by atoms with Crippen LogP contribution in [0.5, 0.6) is 0 Å². The van der Waals surface area contributed by atoms with Crippen LogP contribution in [0, 0.1) is 6.92 Å². The molecule has 1 aromatic carbocycles. The van der Waals surface area contributed by atoms with E-state index >= 15 is 0 Å². The monoisotopic (exact) mass is 310 g/mol. The number of nitrogens with one attached hydrogen (secondary N) is 1. The summed E-state index contributed by atoms with van der Waals surface area (Å²) >= 11 is 0. The number of rotatable bonds is 3. The van der Waals surface area contributed by atoms with E-state index in [4.69, 9.17) is 0 Å². The SMILES string of the molecule is Cc1nc(C2CCCN(C(=O)C3(c4ccccc4)CC3)C2)n[nH]1. The van der Waals surface area contributed by atoms with E-state index < -0.39 is 0 Å². The normalized spacial score (nSPS) is 22.8. The minimum Gasteiger partial charge on any atom is -0.341 e. The number of amides is 1. The van der Waals surface area contributed by atoms with Gasteiger partial charge < -0.3 is 4.90 Å². The molecular weight excluding hydrogens is 288 g/mol. The highest BCUT2D eigenvalue weighted by molar-refractivity contribution is 5.91. The van der Waals surface area contributed by atoms with E-state index in [9.17, 15) is 4.79 Å². The van der Waals surface area contributed by atoms with Crippen molar-refractivity contribution in [3.05, 3.63) is 47.5 Å². The number of nitrogens with zero attached hydrogens (tertiary/aromatic N) is 3. The molecule has 1 atom stereocenters. The van der Waals surface area contributed by atoms with Gasteiger partial charge in [-0.25, -0.2) is 4.98 Å². The summed E-state index contributed by atoms with van der Waals surface area (Å²) in [5.74, 6) is 2.24. The quantitative estimate of drug-likeness (QED) is 0.947. The van der Waals surface area contributed by atoms with Gasteiger partial charge in [-0.1, -0.05) is 30.3 Å². The second kappa shape index (κ2) is 5.48. The Hall–Kier alpha value is -2.17. The molecule has 2 fully saturated rings. The van der Waals surface area contributed by atoms with Crippen LogP contribution in [0.15, 0.2) is 30.3 Å². The van der Waals surface area contributed by atoms with E-state index in [0.29, 0.717) is 5.91 Å². The van der Waals surface area contributed by atoms with E-state index in [2.05, 4.69) is 27.3 Å². The molecule has 0 bridgehead atoms. The maximum absolute atomic E-state index is 13.1. The Morgan fingerprint density at radius 2 is 2.09 bits per heavy atom. The first-order valence-corrected chi connectivity index (χ1v) is 8.43. The Kier molecular flexibility index (Phi) is 3.43. The average Bonchev–Trinajstić information content (AvgIpc) is 3.30. The highest BCUT2D eigenvalue weighted by Crippen LogP contribution is 2.50. The molecule has 2 heterocycles. The fourth-order valence-electron chi connectivity index (χ4n) is 3.73. The van der Waals surface area contributed by atoms with E-state index in [1.165, 1.54) is 5.56 Å². The average molecular weight is 310 g/mol. The van der Waals surface area contributed by atoms with Crippen LogP contribution in [-0.2, 0) is 10.2 Å². The van der Waals surface area contributed by atoms with Crippen molar-refractivity contribution in [3.8, 4) is 0 Å². The van der Waals surface area contributed by atoms with Gasteiger partial charge in [-0.05, 0) is 38.2 Å². The van der Waals surface area contributed by atoms with Crippen LogP contribution in [0.2, 0.25) is 0 Å². The number of carbonyl (C=O) groups is 1. The van der Waals surface area contributed by atoms with Crippen molar-refractivity contribution in [3.63, 3.8) is 0 Å². The van der Waals surface area contributed by atoms with E-state index in [1.54, 1.807) is 0 Å². The largest absolute Gasteiger partial charge is 0.341 e. The predicted octanol–water partition coefficient (Wildman–Crippen LogP) is 2.55. The zero-order valence-corrected chi connectivity index (χ0v) is 13.5. The molecule has 5 nitrogen and oxygen atoms in total. The Morgan fingerprint density at radius 1 is 1.30 bits per heavy atom. The molecule has 1 unspecified atom stereocenters. The molecule has 5 heteroatoms. The third-order valence-electron chi connectivity index (χ3n) is 5.17. The number of carbonyl (C=O) groups excluding carboxylic acids is 1. The zero-order valence-electron chi connectivity index (χ0n) is 13.5. The molecule has 1 saturated heterocycles. The Morgan fingerprint density at radius 3 is 2.74 bits per heavy atom. The number of likely N-dealkylation sites (tertiary alicyclic amines) is 1. The van der Waals surface area contributed by atoms with Gasteiger partial charge in [0, 0.05) is 19.0 Å². The lowest BCUT2D eigenvalue weighted by Gasteiger charge is -2.34. The molecule has 120 valence electrons. The van der Waals surface area contributed by atoms with Crippen LogP contribution in [-0.4, -0.2) is 39.1 Å². The van der Waals surface area contributed by atoms with Crippen LogP contribution in [0.25, 0.3) is 0 Å². The molecule has 1 N–H and O–H groups in total. The first-order valence-electron chi connectivity index (χ1n) is 8.43. The highest BCUT2D eigenvalue weighted by Gasteiger charge is 2.53. The maximum atomic E-state index is 13.1. The van der Waals surface area contributed by atoms with Gasteiger partial charge >= 0.3 is 0 Å². The van der Waals surface area contributed by atoms with Crippen LogP contribution >= 0.6 is 0 Å². The number of piperidine rings is 1. The van der Waals surface area contributed by atoms with Crippen molar-refractivity contribution in [1.82, 2.24) is 20.1 Å². The minimum absolute atomic E-state index is 0.254. The van der Waals surface area contributed by atoms with E-state index in [-0.39, 0.29) is 11.3 Å². The van der Waals surface area contributed by atoms with Gasteiger partial charge in [0.15, 0.2) is 5.82 Å². The molecule has 0 radical (unpaired) electrons. The van der Waals surface area contributed by atoms with Crippen molar-refractivity contribution in [2.24, 2.45) is 0 Å². The predicted molar refractivity (Wildman–Crippen MR) is 87.0 cm³/mol. The van der Waals surface area contributed by atoms with Crippen molar-refractivity contribution >= 4 is 5.91 Å². The molecule has 1 aliphatic carbocycles. The molecular formula is C18H22N4O. The highest BCUT2D eigenvalue weighted by atomic mass is 16.2. The minimum atomic E-state index is -0.266. The smallest absolute Gasteiger partial charge is 0.233 e. The lowest BCUT2D eigenvalue weighted by atomic mass is 9.91. The summed E-state index contributed by atoms with van der Waals surface area (Å²) in [7, 11) is 0. The molecule has 2 aromatic rings. The second-order valence-corrected chi connectivity index (χ2v) is 6.82. The number of aromatic nitrogens is 3. The Bertz CT molecular complexity index is 705. The van der Waals surface area contributed by atoms with Gasteiger partial charge in [0.1, 0.15) is 5.82 Å². The summed E-state index contributed by atoms with van der Waals surface area (Å²) in [5, 5.41) is 7.21. The number of H-pyrrole nitrogens is 1. The number of benzene rings is 1. The third-order valence-corrected chi connectivity index (χ3v) is 5.17. The molecule has 2 aliphatic rings. The van der Waals surface area contributed by atoms with Gasteiger partial charge in [-0.3, -0.25) is 9.89 Å². The number of aromatic amines is 1. The Balaban J connectivity index is 1.53. The summed E-state index contributed by atoms with van der Waals surface area (Å²) in [6.07, 6.45) is 4.02. The van der Waals surface area contributed by atoms with Crippen molar-refractivity contribution in [2.45, 2.75) is 43.9 Å². The van der Waals surface area contributed by atoms with Gasteiger partial charge in [-0.15, -0.1) is 0 Å². The second-order valence-electron chi connectivity index (χ2n) is 6.82. The topological polar surface area (TPSA) is 61.9 Å². The number of hydrogen-bond acceptors (Lipinski definition) is 3. The summed E-state index contributed by atoms with van der Waals surface area (Å²) in [4.78, 5) is 19.6. The van der Waals surface area contributed by atoms with Crippen LogP contribution < -0.4 is 0 Å². The summed E-state index contributed by atoms with van der Waals surface area (Å²) < 4.78 is 0. The Labute approximate surface area is 136 Å². The van der Waals surface area contributed by atoms with Gasteiger partial charge in [0.2, 0.25) is 5.91 Å². The van der Waals surface area contributed by atoms with Crippen LogP contribution in [0.1, 0.15) is 48.8 Å². The summed E-state index contributed by atoms with van der Waals surface area (Å²) in [6.45, 7) is 3.51. The summed E-state index contributed by atoms with van der Waals surface area (Å²) in [6, 6.07) is 10.2. The van der Waals surface area contributed by atoms with Crippen LogP contribution in [0.4, 0.5) is 0 Å². The fourth-order valence-corrected chi connectivity index (χ4v) is 3.73. The zero-order chi connectivity index (χ0) is 15.9. The van der Waals surface area contributed by atoms with E-state index in [0.717, 1.165) is 50.4 Å². The van der Waals surface area contributed by atoms with Gasteiger partial charge in [0.25, 0.3) is 0 Å². The molecule has 1 aliphatic heterocycles. The van der Waals surface area contributed by atoms with Gasteiger partial charge in [0.05, 0.1) is 5.41 Å². The molecule has 0 spiro atoms. The van der Waals surface area contributed by atoms with Gasteiger partial charge in [-0.2, -0.15) is 5.10 Å². The van der Waals surface area contributed by atoms with Crippen molar-refractivity contribution in [2.75, 3.05) is 13.1 Å². The first kappa shape index (κ1) is 14.4. The van der Waals surface area contributed by atoms with Crippen molar-refractivity contribution in [1.29, 1.82) is 0 Å². The molecule has 1 aromatic heterocycles. The van der Waals surface area contributed by atoms with Crippen molar-refractivity contribution < 1.29 is 4.79 Å². The van der Waals surface area contributed by atoms with E-state index in [1.807, 2.05) is 30.0 Å². The maximum Gasteiger partial charge on any atom is 0.233 e. The van der Waals surface area contributed by atoms with Crippen LogP contribution in [0.3, 0.4) is 0 Å². The summed E-state index contributed by atoms with van der Waals surface area (Å²) in [5.41, 5.74) is 0.902. The standard InChI is InChI=1S/C18H22N4O/c1-13-19-16(21-20-13)14-6-5-11-22(12-14)17(23)18(9-10-18)15-7-3-2-4-8-15/h2-4,7-8,14H,5-6,9-12H2,1H3,(H,19,20,21). The molecule has 1 saturated carbocycles. The molecule has 23 heavy (non-hydrogen) atoms. The fraction of sp³-hybridized carbons (Fsp3) is 0.500. The number of hydrogen-bond donors (Lipinski definition) is 1. The first-order chi connectivity index (χ1) is 11.2. The molecule has 4 rings (SSSR count). The number of aryl methyl sites for hydroxylation is 1. The third kappa shape index (κ3) is 2.54. The molecule has 1 amide bonds.